The summed E-state index contributed by atoms with van der Waals surface area (Å²) < 4.78 is 45.5. The summed E-state index contributed by atoms with van der Waals surface area (Å²) in [6.07, 6.45) is 1.45. The molecule has 0 aliphatic heterocycles. The van der Waals surface area contributed by atoms with Crippen molar-refractivity contribution >= 4 is 15.9 Å². The molecular formula is C18H16FN3O4S. The first-order chi connectivity index (χ1) is 12.8. The number of carbonyl (C=O) groups is 1. The van der Waals surface area contributed by atoms with Gasteiger partial charge in [0.1, 0.15) is 11.6 Å². The zero-order valence-electron chi connectivity index (χ0n) is 14.5. The molecule has 0 fully saturated rings. The van der Waals surface area contributed by atoms with E-state index in [-0.39, 0.29) is 10.6 Å². The Morgan fingerprint density at radius 3 is 2.48 bits per heavy atom. The predicted octanol–water partition coefficient (Wildman–Crippen LogP) is 2.48. The van der Waals surface area contributed by atoms with E-state index < -0.39 is 21.7 Å². The lowest BCUT2D eigenvalue weighted by Crippen LogP contribution is -2.33. The molecule has 0 atom stereocenters. The van der Waals surface area contributed by atoms with Gasteiger partial charge in [-0.25, -0.2) is 21.8 Å². The molecule has 0 unspecified atom stereocenters. The van der Waals surface area contributed by atoms with Gasteiger partial charge in [0.2, 0.25) is 0 Å². The van der Waals surface area contributed by atoms with Crippen LogP contribution >= 0.6 is 0 Å². The molecule has 0 saturated carbocycles. The lowest BCUT2D eigenvalue weighted by Gasteiger charge is -2.16. The van der Waals surface area contributed by atoms with Gasteiger partial charge in [0.05, 0.1) is 17.7 Å². The quantitative estimate of drug-likeness (QED) is 0.670. The van der Waals surface area contributed by atoms with Gasteiger partial charge in [-0.05, 0) is 48.5 Å². The summed E-state index contributed by atoms with van der Waals surface area (Å²) in [6, 6.07) is 12.7. The molecule has 0 spiro atoms. The van der Waals surface area contributed by atoms with E-state index in [4.69, 9.17) is 4.74 Å². The summed E-state index contributed by atoms with van der Waals surface area (Å²) in [6.45, 7) is 0. The highest BCUT2D eigenvalue weighted by Gasteiger charge is 2.28. The normalized spacial score (nSPS) is 11.2. The van der Waals surface area contributed by atoms with Crippen LogP contribution < -0.4 is 4.74 Å². The lowest BCUT2D eigenvalue weighted by atomic mass is 10.3. The maximum Gasteiger partial charge on any atom is 0.287 e. The first kappa shape index (κ1) is 18.6. The first-order valence-corrected chi connectivity index (χ1v) is 9.26. The SMILES string of the molecule is COc1ccc(S(=O)(=O)N(C)C(=O)c2ccn(-c3cccc(F)c3)n2)cc1. The Labute approximate surface area is 155 Å². The third kappa shape index (κ3) is 3.68. The second kappa shape index (κ2) is 7.20. The van der Waals surface area contributed by atoms with E-state index >= 15 is 0 Å². The standard InChI is InChI=1S/C18H16FN3O4S/c1-21(27(24,25)16-8-6-15(26-2)7-9-16)18(23)17-10-11-22(20-17)14-5-3-4-13(19)12-14/h3-12H,1-2H3. The van der Waals surface area contributed by atoms with Crippen molar-refractivity contribution in [3.8, 4) is 11.4 Å². The average molecular weight is 389 g/mol. The largest absolute Gasteiger partial charge is 0.497 e. The first-order valence-electron chi connectivity index (χ1n) is 7.82. The molecule has 1 aromatic heterocycles. The van der Waals surface area contributed by atoms with Crippen LogP contribution in [0.4, 0.5) is 4.39 Å². The second-order valence-corrected chi connectivity index (χ2v) is 7.55. The minimum absolute atomic E-state index is 0.0521. The minimum atomic E-state index is -4.05. The Kier molecular flexibility index (Phi) is 4.95. The van der Waals surface area contributed by atoms with E-state index in [0.29, 0.717) is 15.7 Å². The van der Waals surface area contributed by atoms with Crippen LogP contribution in [0, 0.1) is 5.82 Å². The summed E-state index contributed by atoms with van der Waals surface area (Å²) in [7, 11) is -1.43. The van der Waals surface area contributed by atoms with E-state index in [1.165, 1.54) is 66.5 Å². The Bertz CT molecular complexity index is 1080. The third-order valence-electron chi connectivity index (χ3n) is 3.88. The summed E-state index contributed by atoms with van der Waals surface area (Å²) in [5.41, 5.74) is 0.327. The average Bonchev–Trinajstić information content (AvgIpc) is 3.17. The van der Waals surface area contributed by atoms with Gasteiger partial charge in [-0.1, -0.05) is 6.07 Å². The fraction of sp³-hybridized carbons (Fsp3) is 0.111. The van der Waals surface area contributed by atoms with Crippen molar-refractivity contribution in [2.24, 2.45) is 0 Å². The lowest BCUT2D eigenvalue weighted by molar-refractivity contribution is 0.0877. The molecule has 1 heterocycles. The molecule has 140 valence electrons. The van der Waals surface area contributed by atoms with Crippen LogP contribution in [-0.2, 0) is 10.0 Å². The number of aromatic nitrogens is 2. The van der Waals surface area contributed by atoms with Crippen LogP contribution in [0.15, 0.2) is 65.7 Å². The second-order valence-electron chi connectivity index (χ2n) is 5.58. The van der Waals surface area contributed by atoms with Crippen LogP contribution in [-0.4, -0.2) is 42.6 Å². The van der Waals surface area contributed by atoms with Crippen molar-refractivity contribution in [3.63, 3.8) is 0 Å². The van der Waals surface area contributed by atoms with E-state index in [0.717, 1.165) is 7.05 Å². The summed E-state index contributed by atoms with van der Waals surface area (Å²) >= 11 is 0. The van der Waals surface area contributed by atoms with E-state index in [1.807, 2.05) is 0 Å². The van der Waals surface area contributed by atoms with Crippen molar-refractivity contribution in [2.45, 2.75) is 4.90 Å². The number of hydrogen-bond acceptors (Lipinski definition) is 5. The fourth-order valence-corrected chi connectivity index (χ4v) is 3.48. The Balaban J connectivity index is 1.86. The third-order valence-corrected chi connectivity index (χ3v) is 5.64. The number of halogens is 1. The number of methoxy groups -OCH3 is 1. The van der Waals surface area contributed by atoms with Gasteiger partial charge in [-0.2, -0.15) is 5.10 Å². The van der Waals surface area contributed by atoms with Gasteiger partial charge in [0, 0.05) is 13.2 Å². The highest BCUT2D eigenvalue weighted by molar-refractivity contribution is 7.89. The van der Waals surface area contributed by atoms with Crippen LogP contribution in [0.25, 0.3) is 5.69 Å². The topological polar surface area (TPSA) is 81.5 Å². The molecule has 27 heavy (non-hydrogen) atoms. The number of rotatable bonds is 5. The minimum Gasteiger partial charge on any atom is -0.497 e. The number of ether oxygens (including phenoxy) is 1. The van der Waals surface area contributed by atoms with E-state index in [9.17, 15) is 17.6 Å². The molecule has 2 aromatic carbocycles. The Morgan fingerprint density at radius 1 is 1.15 bits per heavy atom. The van der Waals surface area contributed by atoms with Gasteiger partial charge >= 0.3 is 0 Å². The number of benzene rings is 2. The number of sulfonamides is 1. The number of carbonyl (C=O) groups excluding carboxylic acids is 1. The molecule has 9 heteroatoms. The van der Waals surface area contributed by atoms with Crippen molar-refractivity contribution < 1.29 is 22.3 Å². The maximum absolute atomic E-state index is 13.3. The highest BCUT2D eigenvalue weighted by Crippen LogP contribution is 2.20. The van der Waals surface area contributed by atoms with E-state index in [1.54, 1.807) is 6.07 Å². The Hall–Kier alpha value is -3.20. The van der Waals surface area contributed by atoms with Crippen molar-refractivity contribution in [2.75, 3.05) is 14.2 Å². The van der Waals surface area contributed by atoms with E-state index in [2.05, 4.69) is 5.10 Å². The highest BCUT2D eigenvalue weighted by atomic mass is 32.2. The van der Waals surface area contributed by atoms with Crippen molar-refractivity contribution in [3.05, 3.63) is 72.3 Å². The predicted molar refractivity (Wildman–Crippen MR) is 95.8 cm³/mol. The number of amides is 1. The van der Waals surface area contributed by atoms with Crippen LogP contribution in [0.1, 0.15) is 10.5 Å². The Morgan fingerprint density at radius 2 is 1.85 bits per heavy atom. The molecule has 1 amide bonds. The molecule has 0 bridgehead atoms. The molecule has 0 radical (unpaired) electrons. The van der Waals surface area contributed by atoms with Crippen molar-refractivity contribution in [1.29, 1.82) is 0 Å². The zero-order chi connectivity index (χ0) is 19.6. The molecule has 0 aliphatic rings. The van der Waals surface area contributed by atoms with Crippen molar-refractivity contribution in [1.82, 2.24) is 14.1 Å². The fourth-order valence-electron chi connectivity index (χ4n) is 2.38. The van der Waals surface area contributed by atoms with Gasteiger partial charge in [0.15, 0.2) is 5.69 Å². The number of hydrogen-bond donors (Lipinski definition) is 0. The van der Waals surface area contributed by atoms with Crippen LogP contribution in [0.3, 0.4) is 0 Å². The summed E-state index contributed by atoms with van der Waals surface area (Å²) in [5.74, 6) is -0.757. The van der Waals surface area contributed by atoms with Gasteiger partial charge in [0.25, 0.3) is 15.9 Å². The molecule has 3 aromatic rings. The summed E-state index contributed by atoms with van der Waals surface area (Å²) in [4.78, 5) is 12.5. The molecule has 0 N–H and O–H groups in total. The molecule has 0 aliphatic carbocycles. The van der Waals surface area contributed by atoms with Gasteiger partial charge < -0.3 is 4.74 Å². The van der Waals surface area contributed by atoms with Crippen LogP contribution in [0.5, 0.6) is 5.75 Å². The zero-order valence-corrected chi connectivity index (χ0v) is 15.4. The molecule has 7 nitrogen and oxygen atoms in total. The molecule has 0 saturated heterocycles. The molecule has 3 rings (SSSR count). The van der Waals surface area contributed by atoms with Crippen LogP contribution in [0.2, 0.25) is 0 Å². The smallest absolute Gasteiger partial charge is 0.287 e. The van der Waals surface area contributed by atoms with Gasteiger partial charge in [-0.15, -0.1) is 0 Å². The number of nitrogens with zero attached hydrogens (tertiary/aromatic N) is 3. The van der Waals surface area contributed by atoms with Gasteiger partial charge in [-0.3, -0.25) is 4.79 Å². The monoisotopic (exact) mass is 389 g/mol. The molecular weight excluding hydrogens is 373 g/mol. The summed E-state index contributed by atoms with van der Waals surface area (Å²) in [5, 5.41) is 4.05. The maximum atomic E-state index is 13.3.